The second-order valence-corrected chi connectivity index (χ2v) is 4.09. The monoisotopic (exact) mass is 225 g/mol. The molecule has 3 nitrogen and oxygen atoms in total. The fraction of sp³-hybridized carbons (Fsp3) is 0.417. The van der Waals surface area contributed by atoms with Gasteiger partial charge in [0, 0.05) is 12.2 Å². The molecule has 1 aromatic carbocycles. The summed E-state index contributed by atoms with van der Waals surface area (Å²) in [5.74, 6) is -1.30. The topological polar surface area (TPSA) is 40.5 Å². The smallest absolute Gasteiger partial charge is 0.328 e. The highest BCUT2D eigenvalue weighted by Crippen LogP contribution is 2.24. The summed E-state index contributed by atoms with van der Waals surface area (Å²) in [6.45, 7) is 5.55. The summed E-state index contributed by atoms with van der Waals surface area (Å²) in [4.78, 5) is 12.8. The maximum absolute atomic E-state index is 13.1. The van der Waals surface area contributed by atoms with Crippen LogP contribution in [0.2, 0.25) is 0 Å². The average molecular weight is 225 g/mol. The third-order valence-electron chi connectivity index (χ3n) is 2.63. The van der Waals surface area contributed by atoms with Crippen molar-refractivity contribution in [1.29, 1.82) is 0 Å². The Balaban J connectivity index is 3.12. The fourth-order valence-corrected chi connectivity index (χ4v) is 1.66. The van der Waals surface area contributed by atoms with Crippen LogP contribution in [-0.4, -0.2) is 23.2 Å². The van der Waals surface area contributed by atoms with E-state index in [1.54, 1.807) is 30.9 Å². The van der Waals surface area contributed by atoms with Crippen LogP contribution in [0.1, 0.15) is 20.8 Å². The molecule has 1 aromatic rings. The van der Waals surface area contributed by atoms with Gasteiger partial charge in [-0.15, -0.1) is 0 Å². The lowest BCUT2D eigenvalue weighted by Crippen LogP contribution is -2.50. The van der Waals surface area contributed by atoms with Gasteiger partial charge in [-0.2, -0.15) is 0 Å². The number of nitrogens with zero attached hydrogens (tertiary/aromatic N) is 1. The summed E-state index contributed by atoms with van der Waals surface area (Å²) in [6.07, 6.45) is 0. The van der Waals surface area contributed by atoms with Gasteiger partial charge < -0.3 is 10.0 Å². The van der Waals surface area contributed by atoms with Gasteiger partial charge in [0.15, 0.2) is 0 Å². The molecule has 0 aliphatic carbocycles. The zero-order chi connectivity index (χ0) is 12.3. The molecule has 0 fully saturated rings. The van der Waals surface area contributed by atoms with Crippen LogP contribution in [0.25, 0.3) is 0 Å². The molecule has 0 unspecified atom stereocenters. The van der Waals surface area contributed by atoms with Crippen LogP contribution in [0.3, 0.4) is 0 Å². The van der Waals surface area contributed by atoms with E-state index in [0.29, 0.717) is 12.2 Å². The predicted molar refractivity (Wildman–Crippen MR) is 61.1 cm³/mol. The maximum atomic E-state index is 13.1. The van der Waals surface area contributed by atoms with E-state index in [1.165, 1.54) is 12.1 Å². The lowest BCUT2D eigenvalue weighted by molar-refractivity contribution is -0.142. The van der Waals surface area contributed by atoms with Crippen molar-refractivity contribution in [3.8, 4) is 0 Å². The summed E-state index contributed by atoms with van der Waals surface area (Å²) >= 11 is 0. The summed E-state index contributed by atoms with van der Waals surface area (Å²) in [5.41, 5.74) is -0.474. The number of aliphatic carboxylic acids is 1. The van der Waals surface area contributed by atoms with E-state index in [2.05, 4.69) is 0 Å². The molecule has 0 aliphatic rings. The lowest BCUT2D eigenvalue weighted by Gasteiger charge is -2.36. The molecule has 4 heteroatoms. The van der Waals surface area contributed by atoms with Crippen LogP contribution in [0.15, 0.2) is 24.3 Å². The highest BCUT2D eigenvalue weighted by Gasteiger charge is 2.33. The molecule has 88 valence electrons. The standard InChI is InChI=1S/C12H16FNO2/c1-4-14(12(2,3)11(15)16)10-7-5-6-9(13)8-10/h5-8H,4H2,1-3H3,(H,15,16). The number of hydrogen-bond acceptors (Lipinski definition) is 2. The Bertz CT molecular complexity index is 390. The quantitative estimate of drug-likeness (QED) is 0.856. The Morgan fingerprint density at radius 3 is 2.56 bits per heavy atom. The first-order valence-electron chi connectivity index (χ1n) is 5.16. The number of halogens is 1. The zero-order valence-electron chi connectivity index (χ0n) is 9.70. The number of carboxylic acids is 1. The van der Waals surface area contributed by atoms with E-state index in [1.807, 2.05) is 6.92 Å². The Kier molecular flexibility index (Phi) is 3.52. The van der Waals surface area contributed by atoms with Gasteiger partial charge >= 0.3 is 5.97 Å². The van der Waals surface area contributed by atoms with Gasteiger partial charge in [0.2, 0.25) is 0 Å². The summed E-state index contributed by atoms with van der Waals surface area (Å²) in [7, 11) is 0. The number of hydrogen-bond donors (Lipinski definition) is 1. The number of benzene rings is 1. The van der Waals surface area contributed by atoms with Gasteiger partial charge in [-0.1, -0.05) is 6.07 Å². The largest absolute Gasteiger partial charge is 0.480 e. The van der Waals surface area contributed by atoms with Crippen LogP contribution in [0.5, 0.6) is 0 Å². The number of carboxylic acid groups (broad SMARTS) is 1. The Hall–Kier alpha value is -1.58. The predicted octanol–water partition coefficient (Wildman–Crippen LogP) is 2.52. The van der Waals surface area contributed by atoms with Gasteiger partial charge in [0.25, 0.3) is 0 Å². The minimum absolute atomic E-state index is 0.364. The van der Waals surface area contributed by atoms with E-state index in [4.69, 9.17) is 5.11 Å². The molecular weight excluding hydrogens is 209 g/mol. The molecule has 1 rings (SSSR count). The molecule has 0 bridgehead atoms. The molecule has 0 atom stereocenters. The van der Waals surface area contributed by atoms with Crippen molar-refractivity contribution in [3.63, 3.8) is 0 Å². The van der Waals surface area contributed by atoms with Crippen molar-refractivity contribution in [1.82, 2.24) is 0 Å². The Morgan fingerprint density at radius 1 is 1.50 bits per heavy atom. The summed E-state index contributed by atoms with van der Waals surface area (Å²) in [6, 6.07) is 5.96. The van der Waals surface area contributed by atoms with Crippen molar-refractivity contribution < 1.29 is 14.3 Å². The first-order valence-corrected chi connectivity index (χ1v) is 5.16. The lowest BCUT2D eigenvalue weighted by atomic mass is 10.0. The molecule has 16 heavy (non-hydrogen) atoms. The van der Waals surface area contributed by atoms with Crippen LogP contribution in [-0.2, 0) is 4.79 Å². The first kappa shape index (κ1) is 12.5. The average Bonchev–Trinajstić information content (AvgIpc) is 2.18. The SMILES string of the molecule is CCN(c1cccc(F)c1)C(C)(C)C(=O)O. The number of likely N-dealkylation sites (N-methyl/N-ethyl adjacent to an activating group) is 1. The number of carbonyl (C=O) groups is 1. The van der Waals surface area contributed by atoms with Crippen molar-refractivity contribution in [2.24, 2.45) is 0 Å². The minimum Gasteiger partial charge on any atom is -0.480 e. The van der Waals surface area contributed by atoms with Crippen LogP contribution < -0.4 is 4.90 Å². The molecule has 0 aromatic heterocycles. The van der Waals surface area contributed by atoms with Crippen LogP contribution in [0, 0.1) is 5.82 Å². The molecule has 0 amide bonds. The minimum atomic E-state index is -1.05. The number of rotatable bonds is 4. The van der Waals surface area contributed by atoms with E-state index in [0.717, 1.165) is 0 Å². The summed E-state index contributed by atoms with van der Waals surface area (Å²) in [5, 5.41) is 9.14. The maximum Gasteiger partial charge on any atom is 0.328 e. The third-order valence-corrected chi connectivity index (χ3v) is 2.63. The molecule has 0 saturated carbocycles. The first-order chi connectivity index (χ1) is 7.39. The highest BCUT2D eigenvalue weighted by molar-refractivity contribution is 5.82. The molecular formula is C12H16FNO2. The van der Waals surface area contributed by atoms with Crippen molar-refractivity contribution in [2.45, 2.75) is 26.3 Å². The van der Waals surface area contributed by atoms with Crippen LogP contribution in [0.4, 0.5) is 10.1 Å². The second kappa shape index (κ2) is 4.51. The van der Waals surface area contributed by atoms with Crippen LogP contribution >= 0.6 is 0 Å². The van der Waals surface area contributed by atoms with Gasteiger partial charge in [-0.05, 0) is 39.0 Å². The van der Waals surface area contributed by atoms with Gasteiger partial charge in [0.1, 0.15) is 11.4 Å². The normalized spacial score (nSPS) is 11.2. The van der Waals surface area contributed by atoms with Crippen molar-refractivity contribution >= 4 is 11.7 Å². The molecule has 0 spiro atoms. The highest BCUT2D eigenvalue weighted by atomic mass is 19.1. The third kappa shape index (κ3) is 2.32. The molecule has 0 aliphatic heterocycles. The van der Waals surface area contributed by atoms with Gasteiger partial charge in [-0.25, -0.2) is 9.18 Å². The zero-order valence-corrected chi connectivity index (χ0v) is 9.70. The summed E-state index contributed by atoms with van der Waals surface area (Å²) < 4.78 is 13.1. The molecule has 0 heterocycles. The van der Waals surface area contributed by atoms with E-state index < -0.39 is 11.5 Å². The second-order valence-electron chi connectivity index (χ2n) is 4.09. The van der Waals surface area contributed by atoms with E-state index in [9.17, 15) is 9.18 Å². The number of anilines is 1. The van der Waals surface area contributed by atoms with Gasteiger partial charge in [0.05, 0.1) is 0 Å². The Labute approximate surface area is 94.5 Å². The molecule has 0 radical (unpaired) electrons. The van der Waals surface area contributed by atoms with Crippen molar-refractivity contribution in [3.05, 3.63) is 30.1 Å². The van der Waals surface area contributed by atoms with E-state index >= 15 is 0 Å². The van der Waals surface area contributed by atoms with Gasteiger partial charge in [-0.3, -0.25) is 0 Å². The molecule has 1 N–H and O–H groups in total. The Morgan fingerprint density at radius 2 is 2.12 bits per heavy atom. The fourth-order valence-electron chi connectivity index (χ4n) is 1.66. The molecule has 0 saturated heterocycles. The van der Waals surface area contributed by atoms with E-state index in [-0.39, 0.29) is 5.82 Å². The van der Waals surface area contributed by atoms with Crippen molar-refractivity contribution in [2.75, 3.05) is 11.4 Å².